The number of oxazole rings is 1. The summed E-state index contributed by atoms with van der Waals surface area (Å²) in [6.45, 7) is 0. The van der Waals surface area contributed by atoms with Gasteiger partial charge in [-0.25, -0.2) is 4.98 Å². The van der Waals surface area contributed by atoms with E-state index in [1.807, 2.05) is 66.7 Å². The van der Waals surface area contributed by atoms with E-state index < -0.39 is 0 Å². The maximum Gasteiger partial charge on any atom is 0.250 e. The van der Waals surface area contributed by atoms with E-state index in [0.717, 1.165) is 33.0 Å². The van der Waals surface area contributed by atoms with E-state index in [1.54, 1.807) is 6.26 Å². The van der Waals surface area contributed by atoms with Gasteiger partial charge in [-0.3, -0.25) is 0 Å². The first-order chi connectivity index (χ1) is 13.4. The number of para-hydroxylation sites is 2. The van der Waals surface area contributed by atoms with E-state index in [2.05, 4.69) is 10.1 Å². The number of nitrogens with zero attached hydrogens (tertiary/aromatic N) is 2. The molecule has 27 heavy (non-hydrogen) atoms. The van der Waals surface area contributed by atoms with Gasteiger partial charge in [0.2, 0.25) is 0 Å². The van der Waals surface area contributed by atoms with Crippen LogP contribution in [0.5, 0.6) is 0 Å². The molecule has 5 heteroatoms. The molecule has 0 bridgehead atoms. The van der Waals surface area contributed by atoms with Crippen LogP contribution in [0.4, 0.5) is 0 Å². The highest BCUT2D eigenvalue weighted by atomic mass is 16.5. The van der Waals surface area contributed by atoms with Gasteiger partial charge in [-0.1, -0.05) is 53.7 Å². The fraction of sp³-hybridized carbons (Fsp3) is 0. The molecule has 128 valence electrons. The van der Waals surface area contributed by atoms with Crippen molar-refractivity contribution >= 4 is 32.8 Å². The van der Waals surface area contributed by atoms with Gasteiger partial charge < -0.3 is 13.4 Å². The van der Waals surface area contributed by atoms with Crippen LogP contribution >= 0.6 is 0 Å². The van der Waals surface area contributed by atoms with Crippen molar-refractivity contribution < 1.29 is 13.4 Å². The molecule has 0 aliphatic heterocycles. The fourth-order valence-corrected chi connectivity index (χ4v) is 3.50. The van der Waals surface area contributed by atoms with Gasteiger partial charge in [0.05, 0.1) is 11.6 Å². The molecule has 3 heterocycles. The number of hydrogen-bond acceptors (Lipinski definition) is 5. The summed E-state index contributed by atoms with van der Waals surface area (Å²) in [5, 5.41) is 7.14. The smallest absolute Gasteiger partial charge is 0.250 e. The molecule has 0 saturated heterocycles. The Labute approximate surface area is 152 Å². The highest BCUT2D eigenvalue weighted by Gasteiger charge is 2.22. The van der Waals surface area contributed by atoms with Crippen LogP contribution in [-0.4, -0.2) is 10.1 Å². The van der Waals surface area contributed by atoms with Crippen LogP contribution in [0.15, 0.2) is 86.4 Å². The van der Waals surface area contributed by atoms with Gasteiger partial charge in [-0.15, -0.1) is 0 Å². The number of rotatable bonds is 2. The predicted molar refractivity (Wildman–Crippen MR) is 102 cm³/mol. The molecule has 0 unspecified atom stereocenters. The zero-order chi connectivity index (χ0) is 17.8. The Morgan fingerprint density at radius 3 is 2.59 bits per heavy atom. The molecule has 0 N–H and O–H groups in total. The molecule has 6 rings (SSSR count). The van der Waals surface area contributed by atoms with E-state index in [4.69, 9.17) is 13.4 Å². The molecular weight excluding hydrogens is 340 g/mol. The monoisotopic (exact) mass is 352 g/mol. The van der Waals surface area contributed by atoms with Crippen molar-refractivity contribution in [3.8, 4) is 22.9 Å². The van der Waals surface area contributed by atoms with Crippen molar-refractivity contribution in [1.29, 1.82) is 0 Å². The predicted octanol–water partition coefficient (Wildman–Crippen LogP) is 6.05. The number of benzene rings is 3. The molecule has 5 nitrogen and oxygen atoms in total. The van der Waals surface area contributed by atoms with E-state index in [-0.39, 0.29) is 0 Å². The second-order valence-electron chi connectivity index (χ2n) is 6.35. The lowest BCUT2D eigenvalue weighted by Gasteiger charge is -2.01. The summed E-state index contributed by atoms with van der Waals surface area (Å²) in [4.78, 5) is 4.57. The summed E-state index contributed by atoms with van der Waals surface area (Å²) in [5.74, 6) is 1.20. The Morgan fingerprint density at radius 1 is 0.778 bits per heavy atom. The molecule has 0 aliphatic carbocycles. The molecular formula is C22H12N2O3. The SMILES string of the molecule is c1ccc2c(-c3cccc4onc(-c5nc6ccccc6o5)c34)occ2c1. The number of fused-ring (bicyclic) bond motifs is 3. The minimum Gasteiger partial charge on any atom is -0.463 e. The van der Waals surface area contributed by atoms with Crippen LogP contribution in [0, 0.1) is 0 Å². The van der Waals surface area contributed by atoms with E-state index in [0.29, 0.717) is 22.8 Å². The van der Waals surface area contributed by atoms with Crippen molar-refractivity contribution in [2.45, 2.75) is 0 Å². The quantitative estimate of drug-likeness (QED) is 0.379. The van der Waals surface area contributed by atoms with Gasteiger partial charge in [0.1, 0.15) is 11.3 Å². The van der Waals surface area contributed by atoms with Crippen molar-refractivity contribution in [1.82, 2.24) is 10.1 Å². The summed E-state index contributed by atoms with van der Waals surface area (Å²) in [5.41, 5.74) is 3.61. The largest absolute Gasteiger partial charge is 0.463 e. The summed E-state index contributed by atoms with van der Waals surface area (Å²) in [6, 6.07) is 21.5. The van der Waals surface area contributed by atoms with E-state index in [9.17, 15) is 0 Å². The molecule has 0 atom stereocenters. The average Bonchev–Trinajstić information content (AvgIpc) is 3.43. The van der Waals surface area contributed by atoms with Crippen LogP contribution in [-0.2, 0) is 0 Å². The standard InChI is InChI=1S/C22H12N2O3/c1-2-7-14-13(6-1)12-25-21(14)15-8-5-11-18-19(15)20(24-27-18)22-23-16-9-3-4-10-17(16)26-22/h1-12H. The van der Waals surface area contributed by atoms with Crippen molar-refractivity contribution in [3.63, 3.8) is 0 Å². The van der Waals surface area contributed by atoms with Crippen LogP contribution in [0.1, 0.15) is 0 Å². The zero-order valence-corrected chi connectivity index (χ0v) is 14.0. The molecule has 0 radical (unpaired) electrons. The van der Waals surface area contributed by atoms with Crippen LogP contribution in [0.25, 0.3) is 55.7 Å². The minimum absolute atomic E-state index is 0.429. The molecule has 0 spiro atoms. The third kappa shape index (κ3) is 2.05. The van der Waals surface area contributed by atoms with E-state index in [1.165, 1.54) is 0 Å². The first-order valence-electron chi connectivity index (χ1n) is 8.59. The van der Waals surface area contributed by atoms with Crippen LogP contribution < -0.4 is 0 Å². The lowest BCUT2D eigenvalue weighted by atomic mass is 10.0. The highest BCUT2D eigenvalue weighted by Crippen LogP contribution is 2.39. The van der Waals surface area contributed by atoms with E-state index >= 15 is 0 Å². The van der Waals surface area contributed by atoms with Crippen LogP contribution in [0.3, 0.4) is 0 Å². The number of furan rings is 1. The van der Waals surface area contributed by atoms with Crippen molar-refractivity contribution in [3.05, 3.63) is 73.0 Å². The molecule has 3 aromatic heterocycles. The third-order valence-electron chi connectivity index (χ3n) is 4.75. The van der Waals surface area contributed by atoms with Crippen LogP contribution in [0.2, 0.25) is 0 Å². The second kappa shape index (κ2) is 5.32. The van der Waals surface area contributed by atoms with Gasteiger partial charge in [0.15, 0.2) is 16.9 Å². The summed E-state index contributed by atoms with van der Waals surface area (Å²) in [6.07, 6.45) is 1.76. The van der Waals surface area contributed by atoms with Gasteiger partial charge in [-0.05, 0) is 18.2 Å². The summed E-state index contributed by atoms with van der Waals surface area (Å²) >= 11 is 0. The summed E-state index contributed by atoms with van der Waals surface area (Å²) in [7, 11) is 0. The third-order valence-corrected chi connectivity index (χ3v) is 4.75. The molecule has 0 saturated carbocycles. The first kappa shape index (κ1) is 14.3. The number of hydrogen-bond donors (Lipinski definition) is 0. The Kier molecular flexibility index (Phi) is 2.82. The van der Waals surface area contributed by atoms with Gasteiger partial charge in [-0.2, -0.15) is 0 Å². The topological polar surface area (TPSA) is 65.2 Å². The van der Waals surface area contributed by atoms with Crippen molar-refractivity contribution in [2.24, 2.45) is 0 Å². The Morgan fingerprint density at radius 2 is 1.63 bits per heavy atom. The lowest BCUT2D eigenvalue weighted by molar-refractivity contribution is 0.455. The maximum atomic E-state index is 5.92. The normalized spacial score (nSPS) is 11.7. The minimum atomic E-state index is 0.429. The Bertz CT molecular complexity index is 1410. The maximum absolute atomic E-state index is 5.92. The van der Waals surface area contributed by atoms with Gasteiger partial charge >= 0.3 is 0 Å². The molecule has 0 amide bonds. The fourth-order valence-electron chi connectivity index (χ4n) is 3.50. The molecule has 0 aliphatic rings. The number of aromatic nitrogens is 2. The molecule has 6 aromatic rings. The average molecular weight is 352 g/mol. The molecule has 0 fully saturated rings. The second-order valence-corrected chi connectivity index (χ2v) is 6.35. The highest BCUT2D eigenvalue weighted by molar-refractivity contribution is 6.06. The zero-order valence-electron chi connectivity index (χ0n) is 14.0. The first-order valence-corrected chi connectivity index (χ1v) is 8.59. The van der Waals surface area contributed by atoms with Gasteiger partial charge in [0, 0.05) is 16.3 Å². The lowest BCUT2D eigenvalue weighted by Crippen LogP contribution is -1.82. The van der Waals surface area contributed by atoms with Gasteiger partial charge in [0.25, 0.3) is 5.89 Å². The van der Waals surface area contributed by atoms with Crippen molar-refractivity contribution in [2.75, 3.05) is 0 Å². The molecule has 3 aromatic carbocycles. The Hall–Kier alpha value is -3.86. The summed E-state index contributed by atoms with van der Waals surface area (Å²) < 4.78 is 17.4. The Balaban J connectivity index is 1.66.